The van der Waals surface area contributed by atoms with E-state index < -0.39 is 5.97 Å². The minimum absolute atomic E-state index is 0.224. The van der Waals surface area contributed by atoms with Crippen molar-refractivity contribution < 1.29 is 14.6 Å². The maximum Gasteiger partial charge on any atom is 0.303 e. The van der Waals surface area contributed by atoms with Gasteiger partial charge in [0.25, 0.3) is 0 Å². The second-order valence-electron chi connectivity index (χ2n) is 5.53. The summed E-state index contributed by atoms with van der Waals surface area (Å²) >= 11 is 0. The molecule has 4 heteroatoms. The summed E-state index contributed by atoms with van der Waals surface area (Å²) in [7, 11) is 1.67. The molecular formula is C17H27NO3. The summed E-state index contributed by atoms with van der Waals surface area (Å²) in [6, 6.07) is 8.84. The summed E-state index contributed by atoms with van der Waals surface area (Å²) in [5.74, 6) is 0.131. The third-order valence-electron chi connectivity index (χ3n) is 3.76. The van der Waals surface area contributed by atoms with Crippen molar-refractivity contribution in [2.24, 2.45) is 0 Å². The molecule has 0 saturated heterocycles. The van der Waals surface area contributed by atoms with Crippen molar-refractivity contribution in [1.82, 2.24) is 4.90 Å². The second kappa shape index (κ2) is 8.67. The van der Waals surface area contributed by atoms with Crippen molar-refractivity contribution in [1.29, 1.82) is 0 Å². The molecule has 21 heavy (non-hydrogen) atoms. The number of hydrogen-bond acceptors (Lipinski definition) is 3. The molecule has 0 spiro atoms. The number of carbonyl (C=O) groups is 1. The highest BCUT2D eigenvalue weighted by Gasteiger charge is 2.21. The number of carboxylic acids is 1. The van der Waals surface area contributed by atoms with E-state index in [1.165, 1.54) is 5.56 Å². The van der Waals surface area contributed by atoms with Crippen molar-refractivity contribution in [3.8, 4) is 5.75 Å². The van der Waals surface area contributed by atoms with E-state index in [-0.39, 0.29) is 6.42 Å². The molecule has 1 aromatic rings. The Bertz CT molecular complexity index is 428. The van der Waals surface area contributed by atoms with Crippen LogP contribution in [-0.2, 0) is 4.79 Å². The molecule has 1 aromatic carbocycles. The molecule has 0 amide bonds. The minimum atomic E-state index is -0.726. The van der Waals surface area contributed by atoms with Crippen LogP contribution in [0.3, 0.4) is 0 Å². The zero-order valence-electron chi connectivity index (χ0n) is 13.5. The van der Waals surface area contributed by atoms with Gasteiger partial charge in [-0.25, -0.2) is 0 Å². The van der Waals surface area contributed by atoms with Gasteiger partial charge in [-0.05, 0) is 50.9 Å². The molecule has 0 bridgehead atoms. The lowest BCUT2D eigenvalue weighted by molar-refractivity contribution is -0.137. The molecule has 1 rings (SSSR count). The normalized spacial score (nSPS) is 12.7. The lowest BCUT2D eigenvalue weighted by atomic mass is 10.0. The Hall–Kier alpha value is -1.55. The summed E-state index contributed by atoms with van der Waals surface area (Å²) in [4.78, 5) is 13.1. The first-order valence-corrected chi connectivity index (χ1v) is 7.61. The number of aliphatic carboxylic acids is 1. The topological polar surface area (TPSA) is 49.8 Å². The van der Waals surface area contributed by atoms with Gasteiger partial charge >= 0.3 is 5.97 Å². The van der Waals surface area contributed by atoms with Gasteiger partial charge in [0.15, 0.2) is 0 Å². The molecule has 0 saturated carbocycles. The highest BCUT2D eigenvalue weighted by molar-refractivity contribution is 5.66. The average molecular weight is 293 g/mol. The lowest BCUT2D eigenvalue weighted by Crippen LogP contribution is -2.35. The predicted octanol–water partition coefficient (Wildman–Crippen LogP) is 3.72. The van der Waals surface area contributed by atoms with Crippen LogP contribution in [0.15, 0.2) is 24.3 Å². The quantitative estimate of drug-likeness (QED) is 0.754. The van der Waals surface area contributed by atoms with Crippen molar-refractivity contribution in [2.45, 2.75) is 52.1 Å². The smallest absolute Gasteiger partial charge is 0.303 e. The zero-order chi connectivity index (χ0) is 15.8. The summed E-state index contributed by atoms with van der Waals surface area (Å²) in [5.41, 5.74) is 1.25. The second-order valence-corrected chi connectivity index (χ2v) is 5.53. The van der Waals surface area contributed by atoms with E-state index >= 15 is 0 Å². The standard InChI is InChI=1S/C17H27NO3/c1-5-16(14-8-10-15(21-4)11-9-14)18(13(2)3)12-6-7-17(19)20/h8-11,13,16H,5-7,12H2,1-4H3,(H,19,20). The Kier molecular flexibility index (Phi) is 7.23. The number of nitrogens with zero attached hydrogens (tertiary/aromatic N) is 1. The molecule has 4 nitrogen and oxygen atoms in total. The SMILES string of the molecule is CCC(c1ccc(OC)cc1)N(CCCC(=O)O)C(C)C. The molecular weight excluding hydrogens is 266 g/mol. The van der Waals surface area contributed by atoms with Gasteiger partial charge in [-0.3, -0.25) is 9.69 Å². The van der Waals surface area contributed by atoms with Crippen LogP contribution in [0.5, 0.6) is 5.75 Å². The van der Waals surface area contributed by atoms with Gasteiger partial charge in [-0.2, -0.15) is 0 Å². The Morgan fingerprint density at radius 3 is 2.33 bits per heavy atom. The van der Waals surface area contributed by atoms with Gasteiger partial charge in [-0.15, -0.1) is 0 Å². The zero-order valence-corrected chi connectivity index (χ0v) is 13.5. The molecule has 0 aliphatic carbocycles. The van der Waals surface area contributed by atoms with Gasteiger partial charge in [0, 0.05) is 18.5 Å². The fourth-order valence-corrected chi connectivity index (χ4v) is 2.67. The van der Waals surface area contributed by atoms with E-state index in [4.69, 9.17) is 9.84 Å². The molecule has 0 aliphatic rings. The molecule has 1 unspecified atom stereocenters. The average Bonchev–Trinajstić information content (AvgIpc) is 2.46. The Balaban J connectivity index is 2.82. The van der Waals surface area contributed by atoms with E-state index in [1.54, 1.807) is 7.11 Å². The monoisotopic (exact) mass is 293 g/mol. The number of carboxylic acid groups (broad SMARTS) is 1. The minimum Gasteiger partial charge on any atom is -0.497 e. The van der Waals surface area contributed by atoms with E-state index in [2.05, 4.69) is 37.8 Å². The lowest BCUT2D eigenvalue weighted by Gasteiger charge is -2.35. The predicted molar refractivity (Wildman–Crippen MR) is 84.7 cm³/mol. The fraction of sp³-hybridized carbons (Fsp3) is 0.588. The van der Waals surface area contributed by atoms with Gasteiger partial charge in [0.2, 0.25) is 0 Å². The number of rotatable bonds is 9. The van der Waals surface area contributed by atoms with Crippen LogP contribution in [0.2, 0.25) is 0 Å². The Morgan fingerprint density at radius 2 is 1.90 bits per heavy atom. The molecule has 0 heterocycles. The van der Waals surface area contributed by atoms with Gasteiger partial charge < -0.3 is 9.84 Å². The van der Waals surface area contributed by atoms with E-state index in [9.17, 15) is 4.79 Å². The fourth-order valence-electron chi connectivity index (χ4n) is 2.67. The molecule has 0 radical (unpaired) electrons. The first-order valence-electron chi connectivity index (χ1n) is 7.61. The maximum atomic E-state index is 10.7. The highest BCUT2D eigenvalue weighted by atomic mass is 16.5. The van der Waals surface area contributed by atoms with Crippen molar-refractivity contribution in [2.75, 3.05) is 13.7 Å². The maximum absolute atomic E-state index is 10.7. The van der Waals surface area contributed by atoms with Crippen molar-refractivity contribution in [3.05, 3.63) is 29.8 Å². The molecule has 118 valence electrons. The van der Waals surface area contributed by atoms with Crippen LogP contribution in [0, 0.1) is 0 Å². The van der Waals surface area contributed by atoms with E-state index in [0.717, 1.165) is 18.7 Å². The summed E-state index contributed by atoms with van der Waals surface area (Å²) in [6.45, 7) is 7.29. The molecule has 0 fully saturated rings. The molecule has 0 aliphatic heterocycles. The third-order valence-corrected chi connectivity index (χ3v) is 3.76. The van der Waals surface area contributed by atoms with E-state index in [0.29, 0.717) is 18.5 Å². The van der Waals surface area contributed by atoms with Gasteiger partial charge in [-0.1, -0.05) is 19.1 Å². The van der Waals surface area contributed by atoms with Crippen LogP contribution < -0.4 is 4.74 Å². The van der Waals surface area contributed by atoms with Gasteiger partial charge in [0.1, 0.15) is 5.75 Å². The number of ether oxygens (including phenoxy) is 1. The summed E-state index contributed by atoms with van der Waals surface area (Å²) in [5, 5.41) is 8.80. The Labute approximate surface area is 127 Å². The van der Waals surface area contributed by atoms with Gasteiger partial charge in [0.05, 0.1) is 7.11 Å². The number of benzene rings is 1. The molecule has 1 atom stereocenters. The molecule has 0 aromatic heterocycles. The number of hydrogen-bond donors (Lipinski definition) is 1. The summed E-state index contributed by atoms with van der Waals surface area (Å²) in [6.07, 6.45) is 1.90. The van der Waals surface area contributed by atoms with E-state index in [1.807, 2.05) is 12.1 Å². The van der Waals surface area contributed by atoms with Crippen LogP contribution in [0.4, 0.5) is 0 Å². The van der Waals surface area contributed by atoms with Crippen LogP contribution in [0.1, 0.15) is 51.6 Å². The third kappa shape index (κ3) is 5.38. The molecule has 1 N–H and O–H groups in total. The van der Waals surface area contributed by atoms with Crippen LogP contribution in [-0.4, -0.2) is 35.7 Å². The van der Waals surface area contributed by atoms with Crippen LogP contribution >= 0.6 is 0 Å². The van der Waals surface area contributed by atoms with Crippen molar-refractivity contribution in [3.63, 3.8) is 0 Å². The highest BCUT2D eigenvalue weighted by Crippen LogP contribution is 2.28. The Morgan fingerprint density at radius 1 is 1.29 bits per heavy atom. The first kappa shape index (κ1) is 17.5. The van der Waals surface area contributed by atoms with Crippen molar-refractivity contribution >= 4 is 5.97 Å². The number of methoxy groups -OCH3 is 1. The van der Waals surface area contributed by atoms with Crippen LogP contribution in [0.25, 0.3) is 0 Å². The first-order chi connectivity index (χ1) is 9.99. The summed E-state index contributed by atoms with van der Waals surface area (Å²) < 4.78 is 5.20. The largest absolute Gasteiger partial charge is 0.497 e.